The molecule has 10 heteroatoms. The fourth-order valence-electron chi connectivity index (χ4n) is 5.81. The van der Waals surface area contributed by atoms with E-state index in [1.165, 1.54) is 25.7 Å². The van der Waals surface area contributed by atoms with Crippen LogP contribution >= 0.6 is 11.6 Å². The molecule has 2 atom stereocenters. The first-order valence-corrected chi connectivity index (χ1v) is 12.8. The summed E-state index contributed by atoms with van der Waals surface area (Å²) in [5, 5.41) is 4.00. The van der Waals surface area contributed by atoms with Gasteiger partial charge in [-0.05, 0) is 76.0 Å². The van der Waals surface area contributed by atoms with Crippen molar-refractivity contribution in [3.63, 3.8) is 0 Å². The summed E-state index contributed by atoms with van der Waals surface area (Å²) < 4.78 is 5.38. The molecule has 9 nitrogen and oxygen atoms in total. The number of hydrogen-bond donors (Lipinski definition) is 2. The van der Waals surface area contributed by atoms with Crippen molar-refractivity contribution in [1.29, 1.82) is 0 Å². The molecule has 4 fully saturated rings. The third kappa shape index (κ3) is 4.74. The molecule has 34 heavy (non-hydrogen) atoms. The number of hydrogen-bond acceptors (Lipinski definition) is 9. The van der Waals surface area contributed by atoms with Gasteiger partial charge in [-0.25, -0.2) is 0 Å². The predicted octanol–water partition coefficient (Wildman–Crippen LogP) is 3.24. The summed E-state index contributed by atoms with van der Waals surface area (Å²) in [5.74, 6) is 2.52. The van der Waals surface area contributed by atoms with Gasteiger partial charge in [0.1, 0.15) is 5.75 Å². The van der Waals surface area contributed by atoms with Gasteiger partial charge in [-0.2, -0.15) is 15.0 Å². The third-order valence-electron chi connectivity index (χ3n) is 7.62. The summed E-state index contributed by atoms with van der Waals surface area (Å²) >= 11 is 6.53. The number of halogens is 1. The molecule has 4 aliphatic heterocycles. The van der Waals surface area contributed by atoms with E-state index in [2.05, 4.69) is 36.9 Å². The predicted molar refractivity (Wildman–Crippen MR) is 136 cm³/mol. The van der Waals surface area contributed by atoms with Gasteiger partial charge in [0.15, 0.2) is 0 Å². The van der Waals surface area contributed by atoms with Crippen molar-refractivity contribution in [2.45, 2.75) is 44.7 Å². The van der Waals surface area contributed by atoms with E-state index in [0.29, 0.717) is 34.6 Å². The van der Waals surface area contributed by atoms with Crippen LogP contribution in [0.3, 0.4) is 0 Å². The first-order chi connectivity index (χ1) is 16.6. The highest BCUT2D eigenvalue weighted by molar-refractivity contribution is 6.32. The monoisotopic (exact) mass is 486 g/mol. The smallest absolute Gasteiger partial charge is 0.236 e. The van der Waals surface area contributed by atoms with Gasteiger partial charge in [0.25, 0.3) is 0 Å². The van der Waals surface area contributed by atoms with E-state index in [0.717, 1.165) is 45.0 Å². The molecule has 0 saturated carbocycles. The molecule has 4 saturated heterocycles. The van der Waals surface area contributed by atoms with Gasteiger partial charge in [-0.3, -0.25) is 4.90 Å². The first kappa shape index (κ1) is 23.4. The van der Waals surface area contributed by atoms with Crippen molar-refractivity contribution < 1.29 is 4.74 Å². The van der Waals surface area contributed by atoms with E-state index in [-0.39, 0.29) is 12.0 Å². The lowest BCUT2D eigenvalue weighted by Gasteiger charge is -2.49. The van der Waals surface area contributed by atoms with Crippen LogP contribution in [0.25, 0.3) is 0 Å². The Labute approximate surface area is 206 Å². The van der Waals surface area contributed by atoms with Crippen LogP contribution in [-0.2, 0) is 0 Å². The number of nitrogen functional groups attached to an aromatic ring is 1. The Morgan fingerprint density at radius 2 is 2.00 bits per heavy atom. The average Bonchev–Trinajstić information content (AvgIpc) is 3.31. The molecule has 3 N–H and O–H groups in total. The van der Waals surface area contributed by atoms with Crippen LogP contribution in [0, 0.1) is 5.92 Å². The highest BCUT2D eigenvalue weighted by atomic mass is 35.5. The van der Waals surface area contributed by atoms with Gasteiger partial charge in [0.05, 0.1) is 18.2 Å². The number of benzene rings is 1. The van der Waals surface area contributed by atoms with Crippen LogP contribution < -0.4 is 20.7 Å². The molecule has 2 bridgehead atoms. The van der Waals surface area contributed by atoms with E-state index in [4.69, 9.17) is 27.1 Å². The summed E-state index contributed by atoms with van der Waals surface area (Å²) in [4.78, 5) is 21.1. The maximum Gasteiger partial charge on any atom is 0.236 e. The van der Waals surface area contributed by atoms with Crippen LogP contribution in [0.4, 0.5) is 23.5 Å². The lowest BCUT2D eigenvalue weighted by Crippen LogP contribution is -2.56. The maximum atomic E-state index is 6.53. The lowest BCUT2D eigenvalue weighted by atomic mass is 9.83. The Morgan fingerprint density at radius 3 is 2.68 bits per heavy atom. The minimum Gasteiger partial charge on any atom is -0.495 e. The molecule has 0 amide bonds. The van der Waals surface area contributed by atoms with E-state index in [9.17, 15) is 0 Å². The summed E-state index contributed by atoms with van der Waals surface area (Å²) in [5.41, 5.74) is 7.14. The summed E-state index contributed by atoms with van der Waals surface area (Å²) in [6.45, 7) is 8.49. The first-order valence-electron chi connectivity index (χ1n) is 12.4. The number of rotatable bonds is 8. The Morgan fingerprint density at radius 1 is 1.18 bits per heavy atom. The number of fused-ring (bicyclic) bond motifs is 3. The van der Waals surface area contributed by atoms with Crippen molar-refractivity contribution in [3.8, 4) is 5.75 Å². The number of methoxy groups -OCH3 is 1. The number of piperidine rings is 3. The van der Waals surface area contributed by atoms with Crippen LogP contribution in [0.15, 0.2) is 18.2 Å². The molecule has 1 aromatic carbocycles. The van der Waals surface area contributed by atoms with Gasteiger partial charge in [-0.1, -0.05) is 18.5 Å². The SMILES string of the molecule is CCN1CCCC1CNc1nc(N)nc(N(c2ccc(OC)c(Cl)c2)C2CN3CCC2CC3)n1. The molecule has 6 rings (SSSR count). The van der Waals surface area contributed by atoms with Gasteiger partial charge < -0.3 is 25.6 Å². The number of anilines is 4. The number of aromatic nitrogens is 3. The average molecular weight is 487 g/mol. The minimum atomic E-state index is 0.220. The highest BCUT2D eigenvalue weighted by Crippen LogP contribution is 2.39. The fraction of sp³-hybridized carbons (Fsp3) is 0.625. The summed E-state index contributed by atoms with van der Waals surface area (Å²) in [6, 6.07) is 6.59. The number of likely N-dealkylation sites (tertiary alicyclic amines) is 1. The summed E-state index contributed by atoms with van der Waals surface area (Å²) in [7, 11) is 1.63. The van der Waals surface area contributed by atoms with Crippen LogP contribution in [0.5, 0.6) is 5.75 Å². The molecule has 2 unspecified atom stereocenters. The maximum absolute atomic E-state index is 6.53. The minimum absolute atomic E-state index is 0.220. The lowest BCUT2D eigenvalue weighted by molar-refractivity contribution is 0.0890. The van der Waals surface area contributed by atoms with Crippen molar-refractivity contribution in [2.24, 2.45) is 5.92 Å². The van der Waals surface area contributed by atoms with Crippen LogP contribution in [0.1, 0.15) is 32.6 Å². The normalized spacial score (nSPS) is 26.6. The number of nitrogens with two attached hydrogens (primary N) is 1. The van der Waals surface area contributed by atoms with E-state index in [1.807, 2.05) is 18.2 Å². The Hall–Kier alpha value is -2.36. The molecule has 0 spiro atoms. The topological polar surface area (TPSA) is 95.7 Å². The second kappa shape index (κ2) is 10.1. The molecular weight excluding hydrogens is 452 g/mol. The largest absolute Gasteiger partial charge is 0.495 e. The molecular formula is C24H35ClN8O. The Bertz CT molecular complexity index is 999. The molecule has 0 radical (unpaired) electrons. The quantitative estimate of drug-likeness (QED) is 0.582. The Balaban J connectivity index is 1.46. The number of nitrogens with one attached hydrogen (secondary N) is 1. The van der Waals surface area contributed by atoms with Gasteiger partial charge in [0.2, 0.25) is 17.8 Å². The van der Waals surface area contributed by atoms with Gasteiger partial charge in [0, 0.05) is 24.8 Å². The van der Waals surface area contributed by atoms with Crippen molar-refractivity contribution in [3.05, 3.63) is 23.2 Å². The van der Waals surface area contributed by atoms with E-state index < -0.39 is 0 Å². The van der Waals surface area contributed by atoms with Crippen LogP contribution in [0.2, 0.25) is 5.02 Å². The van der Waals surface area contributed by atoms with Crippen molar-refractivity contribution in [2.75, 3.05) is 62.3 Å². The Kier molecular flexibility index (Phi) is 6.94. The molecule has 184 valence electrons. The standard InChI is InChI=1S/C24H35ClN8O/c1-3-32-10-4-5-18(32)14-27-23-28-22(26)29-24(30-23)33(17-6-7-21(34-2)19(25)13-17)20-15-31-11-8-16(20)9-12-31/h6-7,13,16,18,20H,3-5,8-12,14-15H2,1-2H3,(H3,26,27,28,29,30). The number of nitrogens with zero attached hydrogens (tertiary/aromatic N) is 6. The molecule has 1 aromatic heterocycles. The number of ether oxygens (including phenoxy) is 1. The second-order valence-corrected chi connectivity index (χ2v) is 9.92. The number of likely N-dealkylation sites (N-methyl/N-ethyl adjacent to an activating group) is 1. The molecule has 5 heterocycles. The van der Waals surface area contributed by atoms with Crippen molar-refractivity contribution in [1.82, 2.24) is 24.8 Å². The second-order valence-electron chi connectivity index (χ2n) is 9.52. The van der Waals surface area contributed by atoms with E-state index in [1.54, 1.807) is 7.11 Å². The van der Waals surface area contributed by atoms with E-state index >= 15 is 0 Å². The highest BCUT2D eigenvalue weighted by Gasteiger charge is 2.39. The van der Waals surface area contributed by atoms with Gasteiger partial charge >= 0.3 is 0 Å². The van der Waals surface area contributed by atoms with Crippen LogP contribution in [-0.4, -0.2) is 83.2 Å². The molecule has 4 aliphatic rings. The third-order valence-corrected chi connectivity index (χ3v) is 7.92. The zero-order chi connectivity index (χ0) is 23.7. The molecule has 0 aliphatic carbocycles. The zero-order valence-electron chi connectivity index (χ0n) is 20.1. The van der Waals surface area contributed by atoms with Crippen molar-refractivity contribution >= 4 is 35.1 Å². The fourth-order valence-corrected chi connectivity index (χ4v) is 6.06. The summed E-state index contributed by atoms with van der Waals surface area (Å²) in [6.07, 6.45) is 4.76. The van der Waals surface area contributed by atoms with Gasteiger partial charge in [-0.15, -0.1) is 0 Å². The zero-order valence-corrected chi connectivity index (χ0v) is 20.8. The molecule has 2 aromatic rings.